The second kappa shape index (κ2) is 8.58. The Balaban J connectivity index is 1.80. The summed E-state index contributed by atoms with van der Waals surface area (Å²) in [6, 6.07) is 8.62. The van der Waals surface area contributed by atoms with Gasteiger partial charge in [-0.3, -0.25) is 19.6 Å². The molecule has 0 aliphatic heterocycles. The molecule has 0 fully saturated rings. The standard InChI is InChI=1S/C19H18F3N5O4/c1-12-17(13(2)26(24-12)14-6-4-3-5-7-14)18(19(20,21)22)31-16(28)8-9-25-11-15(10-23-25)27(29)30/h3-7,10-11,18H,8-9H2,1-2H3/t18-/m0/s1. The van der Waals surface area contributed by atoms with E-state index in [4.69, 9.17) is 4.74 Å². The SMILES string of the molecule is Cc1nn(-c2ccccc2)c(C)c1[C@H](OC(=O)CCn1cc([N+](=O)[O-])cn1)C(F)(F)F. The third kappa shape index (κ3) is 4.90. The van der Waals surface area contributed by atoms with Gasteiger partial charge in [0, 0.05) is 11.3 Å². The van der Waals surface area contributed by atoms with E-state index >= 15 is 0 Å². The maximum Gasteiger partial charge on any atom is 0.429 e. The van der Waals surface area contributed by atoms with Gasteiger partial charge < -0.3 is 4.74 Å². The number of carbonyl (C=O) groups excluding carboxylic acids is 1. The van der Waals surface area contributed by atoms with Crippen LogP contribution in [0, 0.1) is 24.0 Å². The van der Waals surface area contributed by atoms with Gasteiger partial charge in [0.2, 0.25) is 6.10 Å². The van der Waals surface area contributed by atoms with Crippen molar-refractivity contribution < 1.29 is 27.6 Å². The monoisotopic (exact) mass is 437 g/mol. The predicted molar refractivity (Wildman–Crippen MR) is 101 cm³/mol. The summed E-state index contributed by atoms with van der Waals surface area (Å²) in [5.41, 5.74) is 0.322. The van der Waals surface area contributed by atoms with Crippen molar-refractivity contribution in [1.29, 1.82) is 0 Å². The first-order chi connectivity index (χ1) is 14.6. The number of esters is 1. The zero-order valence-electron chi connectivity index (χ0n) is 16.5. The van der Waals surface area contributed by atoms with E-state index in [-0.39, 0.29) is 29.2 Å². The molecule has 0 radical (unpaired) electrons. The van der Waals surface area contributed by atoms with Gasteiger partial charge in [-0.1, -0.05) is 18.2 Å². The lowest BCUT2D eigenvalue weighted by Gasteiger charge is -2.21. The van der Waals surface area contributed by atoms with Crippen molar-refractivity contribution in [2.24, 2.45) is 0 Å². The van der Waals surface area contributed by atoms with Crippen molar-refractivity contribution in [2.75, 3.05) is 0 Å². The van der Waals surface area contributed by atoms with Crippen molar-refractivity contribution in [1.82, 2.24) is 19.6 Å². The minimum atomic E-state index is -4.86. The Morgan fingerprint density at radius 3 is 2.52 bits per heavy atom. The Morgan fingerprint density at radius 1 is 1.26 bits per heavy atom. The first-order valence-electron chi connectivity index (χ1n) is 9.12. The largest absolute Gasteiger partial charge is 0.448 e. The van der Waals surface area contributed by atoms with Crippen molar-refractivity contribution in [3.05, 3.63) is 69.8 Å². The lowest BCUT2D eigenvalue weighted by Crippen LogP contribution is -2.27. The van der Waals surface area contributed by atoms with E-state index in [1.165, 1.54) is 18.5 Å². The minimum absolute atomic E-state index is 0.0826. The number of hydrogen-bond donors (Lipinski definition) is 0. The number of aryl methyl sites for hydroxylation is 2. The molecule has 1 aromatic carbocycles. The van der Waals surface area contributed by atoms with Gasteiger partial charge in [0.15, 0.2) is 0 Å². The zero-order valence-corrected chi connectivity index (χ0v) is 16.5. The van der Waals surface area contributed by atoms with Crippen LogP contribution in [0.5, 0.6) is 0 Å². The van der Waals surface area contributed by atoms with Crippen LogP contribution in [0.3, 0.4) is 0 Å². The summed E-state index contributed by atoms with van der Waals surface area (Å²) in [5, 5.41) is 18.5. The van der Waals surface area contributed by atoms with E-state index in [9.17, 15) is 28.1 Å². The number of halogens is 3. The number of hydrogen-bond acceptors (Lipinski definition) is 6. The highest BCUT2D eigenvalue weighted by atomic mass is 19.4. The number of benzene rings is 1. The molecule has 0 saturated heterocycles. The Hall–Kier alpha value is -3.70. The number of nitro groups is 1. The lowest BCUT2D eigenvalue weighted by atomic mass is 10.1. The minimum Gasteiger partial charge on any atom is -0.448 e. The molecule has 2 aromatic heterocycles. The number of rotatable bonds is 7. The number of ether oxygens (including phenoxy) is 1. The number of nitrogens with zero attached hydrogens (tertiary/aromatic N) is 5. The van der Waals surface area contributed by atoms with Crippen molar-refractivity contribution in [3.8, 4) is 5.69 Å². The van der Waals surface area contributed by atoms with Crippen molar-refractivity contribution >= 4 is 11.7 Å². The third-order valence-corrected chi connectivity index (χ3v) is 4.53. The molecular weight excluding hydrogens is 419 g/mol. The molecule has 0 spiro atoms. The van der Waals surface area contributed by atoms with Crippen LogP contribution < -0.4 is 0 Å². The highest BCUT2D eigenvalue weighted by Gasteiger charge is 2.46. The maximum atomic E-state index is 13.8. The van der Waals surface area contributed by atoms with Crippen LogP contribution in [0.1, 0.15) is 29.5 Å². The van der Waals surface area contributed by atoms with Gasteiger partial charge in [-0.15, -0.1) is 0 Å². The van der Waals surface area contributed by atoms with E-state index in [2.05, 4.69) is 10.2 Å². The van der Waals surface area contributed by atoms with E-state index in [1.807, 2.05) is 0 Å². The van der Waals surface area contributed by atoms with E-state index in [1.54, 1.807) is 30.3 Å². The van der Waals surface area contributed by atoms with Crippen LogP contribution in [-0.2, 0) is 16.1 Å². The summed E-state index contributed by atoms with van der Waals surface area (Å²) in [4.78, 5) is 22.2. The summed E-state index contributed by atoms with van der Waals surface area (Å²) < 4.78 is 48.6. The molecule has 1 atom stereocenters. The highest BCUT2D eigenvalue weighted by Crippen LogP contribution is 2.39. The predicted octanol–water partition coefficient (Wildman–Crippen LogP) is 3.83. The van der Waals surface area contributed by atoms with Gasteiger partial charge in [0.05, 0.1) is 29.3 Å². The molecule has 0 bridgehead atoms. The topological polar surface area (TPSA) is 105 Å². The molecule has 0 aliphatic rings. The van der Waals surface area contributed by atoms with Gasteiger partial charge in [-0.2, -0.15) is 23.4 Å². The molecule has 0 amide bonds. The molecule has 9 nitrogen and oxygen atoms in total. The highest BCUT2D eigenvalue weighted by molar-refractivity contribution is 5.69. The summed E-state index contributed by atoms with van der Waals surface area (Å²) in [7, 11) is 0. The van der Waals surface area contributed by atoms with Crippen LogP contribution in [0.2, 0.25) is 0 Å². The Bertz CT molecular complexity index is 1090. The fraction of sp³-hybridized carbons (Fsp3) is 0.316. The summed E-state index contributed by atoms with van der Waals surface area (Å²) in [5.74, 6) is -1.12. The van der Waals surface area contributed by atoms with E-state index in [0.717, 1.165) is 17.1 Å². The van der Waals surface area contributed by atoms with Crippen LogP contribution in [0.4, 0.5) is 18.9 Å². The Morgan fingerprint density at radius 2 is 1.94 bits per heavy atom. The number of carbonyl (C=O) groups is 1. The Labute approximate surface area is 174 Å². The van der Waals surface area contributed by atoms with Gasteiger partial charge in [-0.25, -0.2) is 4.68 Å². The quantitative estimate of drug-likeness (QED) is 0.316. The molecule has 31 heavy (non-hydrogen) atoms. The van der Waals surface area contributed by atoms with E-state index < -0.39 is 29.6 Å². The molecule has 0 aliphatic carbocycles. The van der Waals surface area contributed by atoms with Crippen LogP contribution in [-0.4, -0.2) is 36.6 Å². The third-order valence-electron chi connectivity index (χ3n) is 4.53. The summed E-state index contributed by atoms with van der Waals surface area (Å²) >= 11 is 0. The maximum absolute atomic E-state index is 13.8. The average molecular weight is 437 g/mol. The molecule has 12 heteroatoms. The van der Waals surface area contributed by atoms with Crippen molar-refractivity contribution in [2.45, 2.75) is 39.1 Å². The lowest BCUT2D eigenvalue weighted by molar-refractivity contribution is -0.385. The fourth-order valence-electron chi connectivity index (χ4n) is 3.11. The van der Waals surface area contributed by atoms with Crippen molar-refractivity contribution in [3.63, 3.8) is 0 Å². The fourth-order valence-corrected chi connectivity index (χ4v) is 3.11. The van der Waals surface area contributed by atoms with Gasteiger partial charge in [0.25, 0.3) is 0 Å². The molecule has 2 heterocycles. The second-order valence-electron chi connectivity index (χ2n) is 6.71. The van der Waals surface area contributed by atoms with Crippen LogP contribution in [0.15, 0.2) is 42.7 Å². The van der Waals surface area contributed by atoms with Gasteiger partial charge in [-0.05, 0) is 26.0 Å². The smallest absolute Gasteiger partial charge is 0.429 e. The zero-order chi connectivity index (χ0) is 22.8. The molecule has 0 saturated carbocycles. The second-order valence-corrected chi connectivity index (χ2v) is 6.71. The number of alkyl halides is 3. The molecule has 164 valence electrons. The first kappa shape index (κ1) is 22.0. The molecule has 0 unspecified atom stereocenters. The number of para-hydroxylation sites is 1. The normalized spacial score (nSPS) is 12.5. The molecule has 0 N–H and O–H groups in total. The van der Waals surface area contributed by atoms with Gasteiger partial charge >= 0.3 is 17.8 Å². The van der Waals surface area contributed by atoms with Crippen LogP contribution >= 0.6 is 0 Å². The van der Waals surface area contributed by atoms with Gasteiger partial charge in [0.1, 0.15) is 12.4 Å². The van der Waals surface area contributed by atoms with E-state index in [0.29, 0.717) is 5.69 Å². The Kier molecular flexibility index (Phi) is 6.09. The molecule has 3 aromatic rings. The van der Waals surface area contributed by atoms with Crippen LogP contribution in [0.25, 0.3) is 5.69 Å². The molecular formula is C19H18F3N5O4. The first-order valence-corrected chi connectivity index (χ1v) is 9.12. The molecule has 3 rings (SSSR count). The number of aromatic nitrogens is 4. The average Bonchev–Trinajstić information content (AvgIpc) is 3.29. The summed E-state index contributed by atoms with van der Waals surface area (Å²) in [6.07, 6.45) is -5.75. The summed E-state index contributed by atoms with van der Waals surface area (Å²) in [6.45, 7) is 2.72.